The van der Waals surface area contributed by atoms with Gasteiger partial charge in [-0.3, -0.25) is 51.2 Å². The summed E-state index contributed by atoms with van der Waals surface area (Å²) >= 11 is -5.14. The van der Waals surface area contributed by atoms with Crippen molar-refractivity contribution in [1.82, 2.24) is 13.3 Å². The molecular weight excluding hydrogens is 894 g/mol. The number of nitrogens with one attached hydrogen (secondary N) is 1. The van der Waals surface area contributed by atoms with Crippen LogP contribution in [-0.4, -0.2) is 184 Å². The third-order valence-corrected chi connectivity index (χ3v) is 9.92. The fourth-order valence-corrected chi connectivity index (χ4v) is 2.22. The highest BCUT2D eigenvalue weighted by Gasteiger charge is 2.18. The van der Waals surface area contributed by atoms with Crippen molar-refractivity contribution in [1.29, 1.82) is 0 Å². The second-order valence-corrected chi connectivity index (χ2v) is 19.0. The Morgan fingerprint density at radius 2 is 0.887 bits per heavy atom. The van der Waals surface area contributed by atoms with Crippen LogP contribution in [0.25, 0.3) is 0 Å². The Hall–Kier alpha value is 0.0800. The molecular formula is C19H58N3O23PS7. The first-order chi connectivity index (χ1) is 23.9. The predicted octanol–water partition coefficient (Wildman–Crippen LogP) is -1.42. The number of phosphoric ester groups is 1. The van der Waals surface area contributed by atoms with E-state index in [0.717, 1.165) is 39.0 Å². The minimum atomic E-state index is -3.66. The van der Waals surface area contributed by atoms with Crippen molar-refractivity contribution >= 4 is 83.6 Å². The molecule has 0 aromatic rings. The van der Waals surface area contributed by atoms with Gasteiger partial charge >= 0.3 is 39.9 Å². The minimum absolute atomic E-state index is 0.993. The van der Waals surface area contributed by atoms with E-state index in [4.69, 9.17) is 0 Å². The van der Waals surface area contributed by atoms with Crippen molar-refractivity contribution in [3.63, 3.8) is 0 Å². The Bertz CT molecular complexity index is 1230. The zero-order valence-electron chi connectivity index (χ0n) is 33.1. The number of nitrogens with zero attached hydrogens (tertiary/aromatic N) is 2. The molecule has 0 fully saturated rings. The van der Waals surface area contributed by atoms with Crippen molar-refractivity contribution in [3.05, 3.63) is 0 Å². The van der Waals surface area contributed by atoms with Crippen LogP contribution < -0.4 is 4.72 Å². The van der Waals surface area contributed by atoms with Gasteiger partial charge in [-0.05, 0) is 7.05 Å². The quantitative estimate of drug-likeness (QED) is 0.145. The molecule has 0 bridgehead atoms. The summed E-state index contributed by atoms with van der Waals surface area (Å²) in [5.41, 5.74) is 0. The van der Waals surface area contributed by atoms with Gasteiger partial charge in [-0.25, -0.2) is 26.2 Å². The maximum atomic E-state index is 10.7. The van der Waals surface area contributed by atoms with E-state index < -0.39 is 83.6 Å². The number of hydrogen-bond acceptors (Lipinski definition) is 23. The average Bonchev–Trinajstić information content (AvgIpc) is 3.14. The topological polar surface area (TPSA) is 317 Å². The molecule has 3 unspecified atom stereocenters. The molecule has 0 aromatic heterocycles. The molecule has 26 nitrogen and oxygen atoms in total. The second-order valence-electron chi connectivity index (χ2n) is 6.92. The van der Waals surface area contributed by atoms with Gasteiger partial charge in [-0.2, -0.15) is 33.8 Å². The van der Waals surface area contributed by atoms with E-state index >= 15 is 0 Å². The van der Waals surface area contributed by atoms with E-state index in [1.54, 1.807) is 21.1 Å². The van der Waals surface area contributed by atoms with Gasteiger partial charge in [-0.15, -0.1) is 0 Å². The first-order valence-corrected chi connectivity index (χ1v) is 23.0. The molecule has 0 spiro atoms. The van der Waals surface area contributed by atoms with Crippen molar-refractivity contribution < 1.29 is 97.9 Å². The SMILES string of the molecule is CNS(=O)OC.COP(=O)(OC)OC.COS(=O)(=O)N(C)C.COS(=O)(=O)OC.COS(=O)N(C)C.COS(=O)OC.COS(C)(=O)=O.COS(C)=O. The Labute approximate surface area is 326 Å². The van der Waals surface area contributed by atoms with Crippen LogP contribution in [0.1, 0.15) is 0 Å². The molecule has 0 radical (unpaired) electrons. The zero-order chi connectivity index (χ0) is 44.7. The van der Waals surface area contributed by atoms with Crippen LogP contribution in [0, 0.1) is 0 Å². The van der Waals surface area contributed by atoms with Gasteiger partial charge in [0.2, 0.25) is 22.5 Å². The lowest BCUT2D eigenvalue weighted by molar-refractivity contribution is 0.178. The van der Waals surface area contributed by atoms with Crippen LogP contribution in [0.2, 0.25) is 0 Å². The Kier molecular flexibility index (Phi) is 59.9. The van der Waals surface area contributed by atoms with Crippen LogP contribution in [0.5, 0.6) is 0 Å². The predicted molar refractivity (Wildman–Crippen MR) is 199 cm³/mol. The summed E-state index contributed by atoms with van der Waals surface area (Å²) in [5.74, 6) is 0. The molecule has 0 aliphatic carbocycles. The summed E-state index contributed by atoms with van der Waals surface area (Å²) in [4.78, 5) is 0. The Morgan fingerprint density at radius 1 is 0.566 bits per heavy atom. The summed E-state index contributed by atoms with van der Waals surface area (Å²) in [6.45, 7) is 0. The second kappa shape index (κ2) is 44.8. The molecule has 0 aromatic carbocycles. The Morgan fingerprint density at radius 3 is 0.887 bits per heavy atom. The van der Waals surface area contributed by atoms with Gasteiger partial charge in [0.1, 0.15) is 0 Å². The number of phosphoric acid groups is 1. The van der Waals surface area contributed by atoms with E-state index in [2.05, 4.69) is 55.9 Å². The van der Waals surface area contributed by atoms with Gasteiger partial charge in [0.25, 0.3) is 10.1 Å². The molecule has 34 heteroatoms. The highest BCUT2D eigenvalue weighted by atomic mass is 32.3. The molecule has 0 rings (SSSR count). The van der Waals surface area contributed by atoms with Gasteiger partial charge in [0.15, 0.2) is 11.1 Å². The smallest absolute Gasteiger partial charge is 0.294 e. The highest BCUT2D eigenvalue weighted by molar-refractivity contribution is 7.86. The minimum Gasteiger partial charge on any atom is -0.294 e. The van der Waals surface area contributed by atoms with E-state index in [9.17, 15) is 46.7 Å². The lowest BCUT2D eigenvalue weighted by Gasteiger charge is -2.08. The zero-order valence-corrected chi connectivity index (χ0v) is 39.7. The summed E-state index contributed by atoms with van der Waals surface area (Å²) in [6, 6.07) is 0. The third-order valence-electron chi connectivity index (χ3n) is 3.31. The molecule has 0 saturated heterocycles. The maximum absolute atomic E-state index is 10.7. The summed E-state index contributed by atoms with van der Waals surface area (Å²) in [5, 5.41) is 0. The summed E-state index contributed by atoms with van der Waals surface area (Å²) < 4.78 is 165. The molecule has 0 heterocycles. The fraction of sp³-hybridized carbons (Fsp3) is 1.00. The first kappa shape index (κ1) is 70.8. The van der Waals surface area contributed by atoms with E-state index in [1.807, 2.05) is 0 Å². The molecule has 0 amide bonds. The molecule has 53 heavy (non-hydrogen) atoms. The lowest BCUT2D eigenvalue weighted by Crippen LogP contribution is -2.22. The van der Waals surface area contributed by atoms with Crippen LogP contribution in [0.15, 0.2) is 0 Å². The molecule has 3 atom stereocenters. The summed E-state index contributed by atoms with van der Waals surface area (Å²) in [6.07, 6.45) is 2.47. The molecule has 0 aliphatic heterocycles. The average molecular weight is 952 g/mol. The lowest BCUT2D eigenvalue weighted by atomic mass is 11.3. The summed E-state index contributed by atoms with van der Waals surface area (Å²) in [7, 11) is 9.18. The normalized spacial score (nSPS) is 12.6. The van der Waals surface area contributed by atoms with Gasteiger partial charge in [0.05, 0.1) is 70.2 Å². The molecule has 334 valence electrons. The molecule has 0 aliphatic rings. The first-order valence-electron chi connectivity index (χ1n) is 12.5. The van der Waals surface area contributed by atoms with E-state index in [-0.39, 0.29) is 0 Å². The monoisotopic (exact) mass is 951 g/mol. The third kappa shape index (κ3) is 70.4. The van der Waals surface area contributed by atoms with Gasteiger partial charge in [0, 0.05) is 55.8 Å². The maximum Gasteiger partial charge on any atom is 0.473 e. The number of rotatable bonds is 15. The van der Waals surface area contributed by atoms with Crippen LogP contribution in [0.3, 0.4) is 0 Å². The molecule has 1 N–H and O–H groups in total. The fourth-order valence-electron chi connectivity index (χ4n) is 0.741. The van der Waals surface area contributed by atoms with Crippen LogP contribution in [-0.2, 0) is 132 Å². The Balaban J connectivity index is -0.0000000731. The highest BCUT2D eigenvalue weighted by Crippen LogP contribution is 2.46. The van der Waals surface area contributed by atoms with Gasteiger partial charge in [-0.1, -0.05) is 0 Å². The molecule has 0 saturated carbocycles. The van der Waals surface area contributed by atoms with E-state index in [1.165, 1.54) is 81.5 Å². The largest absolute Gasteiger partial charge is 0.473 e. The van der Waals surface area contributed by atoms with Crippen molar-refractivity contribution in [2.75, 3.05) is 133 Å². The van der Waals surface area contributed by atoms with Crippen LogP contribution >= 0.6 is 7.82 Å². The van der Waals surface area contributed by atoms with Crippen molar-refractivity contribution in [2.45, 2.75) is 0 Å². The van der Waals surface area contributed by atoms with Crippen LogP contribution in [0.4, 0.5) is 0 Å². The van der Waals surface area contributed by atoms with Crippen molar-refractivity contribution in [2.24, 2.45) is 0 Å². The van der Waals surface area contributed by atoms with Crippen molar-refractivity contribution in [3.8, 4) is 0 Å². The van der Waals surface area contributed by atoms with Gasteiger partial charge < -0.3 is 0 Å². The van der Waals surface area contributed by atoms with E-state index in [0.29, 0.717) is 0 Å². The number of hydrogen-bond donors (Lipinski definition) is 1. The standard InChI is InChI=1S/C3H9NO3S.C3H9NO2S.C3H9O4P.C2H7NO2S.C2H6O4S.2C2H6O3S.C2H6O2S/c1-4(2)8(5,6)7-3;1-4(2)7(5)6-3;1-5-8(4,6-2)7-3;1-3-6(4)5-2;1-5-7(3,4)6-2;1-5-6(2,3)4;1-4-6(3)5-2;1-4-5(2)3/h1-3H3;1-3H3;1-3H3;3H,1-2H3;1-2H3;2*1-2H3;1-2H3.